The monoisotopic (exact) mass is 367 g/mol. The molecule has 120 valence electrons. The summed E-state index contributed by atoms with van der Waals surface area (Å²) in [6, 6.07) is 7.63. The maximum absolute atomic E-state index is 9.19. The van der Waals surface area contributed by atoms with Gasteiger partial charge in [-0.3, -0.25) is 0 Å². The summed E-state index contributed by atoms with van der Waals surface area (Å²) < 4.78 is 0. The highest BCUT2D eigenvalue weighted by Gasteiger charge is 2.14. The molecule has 1 aromatic carbocycles. The second-order valence-electron chi connectivity index (χ2n) is 5.08. The summed E-state index contributed by atoms with van der Waals surface area (Å²) in [4.78, 5) is 11.8. The van der Waals surface area contributed by atoms with Crippen molar-refractivity contribution < 1.29 is 5.11 Å². The number of hydrogen-bond donors (Lipinski definition) is 1. The molecule has 3 aromatic rings. The maximum Gasteiger partial charge on any atom is 0.141 e. The van der Waals surface area contributed by atoms with Gasteiger partial charge in [0.2, 0.25) is 0 Å². The van der Waals surface area contributed by atoms with Crippen LogP contribution < -0.4 is 4.90 Å². The molecule has 0 atom stereocenters. The van der Waals surface area contributed by atoms with Crippen LogP contribution in [0.1, 0.15) is 12.0 Å². The normalized spacial score (nSPS) is 11.1. The molecule has 0 amide bonds. The van der Waals surface area contributed by atoms with Crippen molar-refractivity contribution in [2.75, 3.05) is 18.1 Å². The average molecular weight is 368 g/mol. The zero-order valence-electron chi connectivity index (χ0n) is 12.2. The smallest absolute Gasteiger partial charge is 0.141 e. The number of anilines is 1. The molecule has 0 aliphatic heterocycles. The van der Waals surface area contributed by atoms with Crippen LogP contribution in [-0.4, -0.2) is 28.2 Å². The van der Waals surface area contributed by atoms with Crippen molar-refractivity contribution in [3.05, 3.63) is 51.6 Å². The molecule has 7 heteroatoms. The van der Waals surface area contributed by atoms with Crippen molar-refractivity contribution in [1.29, 1.82) is 0 Å². The molecular weight excluding hydrogens is 353 g/mol. The van der Waals surface area contributed by atoms with Crippen molar-refractivity contribution in [3.63, 3.8) is 0 Å². The van der Waals surface area contributed by atoms with Crippen LogP contribution in [0.25, 0.3) is 10.2 Å². The molecule has 23 heavy (non-hydrogen) atoms. The van der Waals surface area contributed by atoms with Gasteiger partial charge in [-0.05, 0) is 35.6 Å². The Labute approximate surface area is 148 Å². The van der Waals surface area contributed by atoms with Gasteiger partial charge in [0.15, 0.2) is 0 Å². The first-order valence-corrected chi connectivity index (χ1v) is 8.80. The zero-order valence-corrected chi connectivity index (χ0v) is 14.6. The van der Waals surface area contributed by atoms with E-state index in [-0.39, 0.29) is 6.61 Å². The van der Waals surface area contributed by atoms with E-state index in [0.717, 1.165) is 21.6 Å². The third-order valence-electron chi connectivity index (χ3n) is 3.48. The second kappa shape index (κ2) is 7.45. The first-order valence-electron chi connectivity index (χ1n) is 7.17. The van der Waals surface area contributed by atoms with Crippen molar-refractivity contribution in [2.24, 2.45) is 0 Å². The summed E-state index contributed by atoms with van der Waals surface area (Å²) in [6.07, 6.45) is 2.24. The highest BCUT2D eigenvalue weighted by Crippen LogP contribution is 2.29. The number of hydrogen-bond acceptors (Lipinski definition) is 5. The lowest BCUT2D eigenvalue weighted by Gasteiger charge is -2.24. The molecule has 2 aromatic heterocycles. The van der Waals surface area contributed by atoms with Crippen LogP contribution in [0.5, 0.6) is 0 Å². The van der Waals surface area contributed by atoms with Crippen molar-refractivity contribution in [2.45, 2.75) is 13.0 Å². The predicted octanol–water partition coefficient (Wildman–Crippen LogP) is 4.39. The van der Waals surface area contributed by atoms with Gasteiger partial charge in [0.05, 0.1) is 15.4 Å². The number of benzene rings is 1. The van der Waals surface area contributed by atoms with E-state index < -0.39 is 0 Å². The van der Waals surface area contributed by atoms with E-state index in [2.05, 4.69) is 14.9 Å². The second-order valence-corrected chi connectivity index (χ2v) is 6.79. The molecule has 0 unspecified atom stereocenters. The Morgan fingerprint density at radius 2 is 2.00 bits per heavy atom. The molecular formula is C16H15Cl2N3OS. The van der Waals surface area contributed by atoms with Gasteiger partial charge in [-0.2, -0.15) is 0 Å². The average Bonchev–Trinajstić information content (AvgIpc) is 3.03. The molecule has 2 heterocycles. The molecule has 0 aliphatic rings. The first-order chi connectivity index (χ1) is 11.2. The Hall–Kier alpha value is -1.40. The lowest BCUT2D eigenvalue weighted by atomic mass is 10.2. The number of aliphatic hydroxyl groups excluding tert-OH is 1. The number of halogens is 2. The molecule has 4 nitrogen and oxygen atoms in total. The predicted molar refractivity (Wildman–Crippen MR) is 96.6 cm³/mol. The molecule has 1 N–H and O–H groups in total. The van der Waals surface area contributed by atoms with E-state index in [1.807, 2.05) is 23.6 Å². The number of nitrogens with zero attached hydrogens (tertiary/aromatic N) is 3. The minimum absolute atomic E-state index is 0.135. The Morgan fingerprint density at radius 1 is 1.13 bits per heavy atom. The molecule has 0 saturated heterocycles. The highest BCUT2D eigenvalue weighted by atomic mass is 35.5. The van der Waals surface area contributed by atoms with Gasteiger partial charge in [0.1, 0.15) is 17.0 Å². The Balaban J connectivity index is 1.94. The SMILES string of the molecule is OCCCN(Cc1ccc(Cl)c(Cl)c1)c1ncnc2sccc12. The van der Waals surface area contributed by atoms with Crippen molar-refractivity contribution in [1.82, 2.24) is 9.97 Å². The molecule has 0 bridgehead atoms. The Kier molecular flexibility index (Phi) is 5.33. The Bertz CT molecular complexity index is 809. The molecule has 0 fully saturated rings. The highest BCUT2D eigenvalue weighted by molar-refractivity contribution is 7.16. The van der Waals surface area contributed by atoms with Crippen LogP contribution in [0.2, 0.25) is 10.0 Å². The molecule has 0 aliphatic carbocycles. The van der Waals surface area contributed by atoms with Gasteiger partial charge in [0.25, 0.3) is 0 Å². The quantitative estimate of drug-likeness (QED) is 0.701. The number of fused-ring (bicyclic) bond motifs is 1. The fourth-order valence-corrected chi connectivity index (χ4v) is 3.46. The lowest BCUT2D eigenvalue weighted by molar-refractivity contribution is 0.289. The van der Waals surface area contributed by atoms with Crippen LogP contribution in [0.15, 0.2) is 36.0 Å². The summed E-state index contributed by atoms with van der Waals surface area (Å²) in [5, 5.41) is 13.3. The first kappa shape index (κ1) is 16.5. The van der Waals surface area contributed by atoms with E-state index in [0.29, 0.717) is 29.6 Å². The van der Waals surface area contributed by atoms with E-state index in [1.54, 1.807) is 23.7 Å². The third-order valence-corrected chi connectivity index (χ3v) is 5.04. The molecule has 0 spiro atoms. The van der Waals surface area contributed by atoms with Gasteiger partial charge in [-0.1, -0.05) is 29.3 Å². The molecule has 0 radical (unpaired) electrons. The van der Waals surface area contributed by atoms with Crippen molar-refractivity contribution in [3.8, 4) is 0 Å². The summed E-state index contributed by atoms with van der Waals surface area (Å²) in [7, 11) is 0. The van der Waals surface area contributed by atoms with Crippen molar-refractivity contribution >= 4 is 50.6 Å². The number of rotatable bonds is 6. The molecule has 0 saturated carbocycles. The minimum atomic E-state index is 0.135. The van der Waals surface area contributed by atoms with Gasteiger partial charge in [-0.25, -0.2) is 9.97 Å². The van der Waals surface area contributed by atoms with Crippen LogP contribution in [-0.2, 0) is 6.54 Å². The van der Waals surface area contributed by atoms with E-state index in [9.17, 15) is 5.11 Å². The topological polar surface area (TPSA) is 49.2 Å². The van der Waals surface area contributed by atoms with E-state index >= 15 is 0 Å². The summed E-state index contributed by atoms with van der Waals surface area (Å²) in [5.74, 6) is 0.871. The van der Waals surface area contributed by atoms with Crippen LogP contribution in [0.4, 0.5) is 5.82 Å². The summed E-state index contributed by atoms with van der Waals surface area (Å²) in [5.41, 5.74) is 1.04. The fourth-order valence-electron chi connectivity index (χ4n) is 2.41. The van der Waals surface area contributed by atoms with Gasteiger partial charge in [-0.15, -0.1) is 11.3 Å². The van der Waals surface area contributed by atoms with Crippen LogP contribution in [0, 0.1) is 0 Å². The minimum Gasteiger partial charge on any atom is -0.396 e. The van der Waals surface area contributed by atoms with Crippen LogP contribution >= 0.6 is 34.5 Å². The third kappa shape index (κ3) is 3.75. The maximum atomic E-state index is 9.19. The van der Waals surface area contributed by atoms with Gasteiger partial charge >= 0.3 is 0 Å². The summed E-state index contributed by atoms with van der Waals surface area (Å²) in [6.45, 7) is 1.47. The fraction of sp³-hybridized carbons (Fsp3) is 0.250. The van der Waals surface area contributed by atoms with Gasteiger partial charge in [0, 0.05) is 19.7 Å². The largest absolute Gasteiger partial charge is 0.396 e. The number of thiophene rings is 1. The number of aromatic nitrogens is 2. The Morgan fingerprint density at radius 3 is 2.78 bits per heavy atom. The lowest BCUT2D eigenvalue weighted by Crippen LogP contribution is -2.25. The van der Waals surface area contributed by atoms with Crippen LogP contribution in [0.3, 0.4) is 0 Å². The van der Waals surface area contributed by atoms with Gasteiger partial charge < -0.3 is 10.0 Å². The number of aliphatic hydroxyl groups is 1. The molecule has 3 rings (SSSR count). The standard InChI is InChI=1S/C16H15Cl2N3OS/c17-13-3-2-11(8-14(13)18)9-21(5-1-6-22)15-12-4-7-23-16(12)20-10-19-15/h2-4,7-8,10,22H,1,5-6,9H2. The van der Waals surface area contributed by atoms with E-state index in [4.69, 9.17) is 23.2 Å². The summed E-state index contributed by atoms with van der Waals surface area (Å²) >= 11 is 13.7. The van der Waals surface area contributed by atoms with E-state index in [1.165, 1.54) is 0 Å². The zero-order chi connectivity index (χ0) is 16.2.